The lowest BCUT2D eigenvalue weighted by molar-refractivity contribution is -0.114. The predicted octanol–water partition coefficient (Wildman–Crippen LogP) is 3.08. The molecule has 8 heteroatoms. The van der Waals surface area contributed by atoms with E-state index in [2.05, 4.69) is 15.6 Å². The normalized spacial score (nSPS) is 10.5. The fourth-order valence-electron chi connectivity index (χ4n) is 2.06. The number of methoxy groups -OCH3 is 1. The Kier molecular flexibility index (Phi) is 9.27. The van der Waals surface area contributed by atoms with Crippen molar-refractivity contribution in [1.82, 2.24) is 0 Å². The first-order valence-corrected chi connectivity index (χ1v) is 7.78. The summed E-state index contributed by atoms with van der Waals surface area (Å²) in [4.78, 5) is 15.3. The molecule has 26 heavy (non-hydrogen) atoms. The molecule has 2 aromatic rings. The Bertz CT molecular complexity index is 735. The fraction of sp³-hybridized carbons (Fsp3) is 0.222. The van der Waals surface area contributed by atoms with Gasteiger partial charge in [0.2, 0.25) is 5.91 Å². The van der Waals surface area contributed by atoms with Crippen LogP contribution in [0.5, 0.6) is 11.5 Å². The number of halogens is 1. The number of carbonyl (C=O) groups is 1. The van der Waals surface area contributed by atoms with Gasteiger partial charge in [-0.3, -0.25) is 4.79 Å². The van der Waals surface area contributed by atoms with Gasteiger partial charge in [0.25, 0.3) is 0 Å². The first-order valence-electron chi connectivity index (χ1n) is 7.78. The Morgan fingerprint density at radius 1 is 1.08 bits per heavy atom. The Morgan fingerprint density at radius 3 is 2.46 bits per heavy atom. The maximum Gasteiger partial charge on any atom is 0.221 e. The number of ether oxygens (including phenoxy) is 2. The average Bonchev–Trinajstić information content (AvgIpc) is 2.59. The van der Waals surface area contributed by atoms with Crippen molar-refractivity contribution >= 4 is 47.2 Å². The van der Waals surface area contributed by atoms with Crippen LogP contribution in [-0.2, 0) is 4.79 Å². The van der Waals surface area contributed by atoms with Gasteiger partial charge in [-0.1, -0.05) is 6.07 Å². The van der Waals surface area contributed by atoms with E-state index in [9.17, 15) is 4.79 Å². The highest BCUT2D eigenvalue weighted by Gasteiger charge is 1.99. The standard InChI is InChI=1S/C18H22N4O3.HI/c1-13(23)21-15-4-3-5-17(12-15)25-11-10-20-18(19)22-14-6-8-16(24-2)9-7-14;/h3-9,12H,10-11H2,1-2H3,(H,21,23)(H3,19,20,22);1H. The van der Waals surface area contributed by atoms with E-state index in [1.807, 2.05) is 36.4 Å². The summed E-state index contributed by atoms with van der Waals surface area (Å²) in [5.74, 6) is 1.61. The molecule has 0 bridgehead atoms. The molecule has 0 aliphatic rings. The lowest BCUT2D eigenvalue weighted by atomic mass is 10.3. The van der Waals surface area contributed by atoms with Crippen molar-refractivity contribution in [2.24, 2.45) is 10.7 Å². The Balaban J connectivity index is 0.00000338. The van der Waals surface area contributed by atoms with E-state index in [1.165, 1.54) is 6.92 Å². The molecule has 0 saturated carbocycles. The minimum absolute atomic E-state index is 0. The number of aliphatic imine (C=N–C) groups is 1. The summed E-state index contributed by atoms with van der Waals surface area (Å²) in [6.07, 6.45) is 0. The molecule has 0 saturated heterocycles. The van der Waals surface area contributed by atoms with Gasteiger partial charge in [-0.2, -0.15) is 0 Å². The Morgan fingerprint density at radius 2 is 1.81 bits per heavy atom. The zero-order valence-corrected chi connectivity index (χ0v) is 17.0. The zero-order valence-electron chi connectivity index (χ0n) is 14.7. The molecule has 0 aromatic heterocycles. The third kappa shape index (κ3) is 7.60. The Labute approximate surface area is 170 Å². The maximum atomic E-state index is 11.0. The molecule has 0 fully saturated rings. The molecule has 2 aromatic carbocycles. The topological polar surface area (TPSA) is 98.0 Å². The van der Waals surface area contributed by atoms with Gasteiger partial charge in [-0.25, -0.2) is 4.99 Å². The van der Waals surface area contributed by atoms with Crippen LogP contribution in [0.15, 0.2) is 53.5 Å². The average molecular weight is 470 g/mol. The first-order chi connectivity index (χ1) is 12.1. The van der Waals surface area contributed by atoms with E-state index in [1.54, 1.807) is 19.2 Å². The SMILES string of the molecule is COc1ccc(NC(N)=NCCOc2cccc(NC(C)=O)c2)cc1.I. The van der Waals surface area contributed by atoms with E-state index in [4.69, 9.17) is 15.2 Å². The van der Waals surface area contributed by atoms with Crippen LogP contribution < -0.4 is 25.8 Å². The number of nitrogens with zero attached hydrogens (tertiary/aromatic N) is 1. The molecule has 0 aliphatic heterocycles. The molecule has 2 rings (SSSR count). The minimum Gasteiger partial charge on any atom is -0.497 e. The highest BCUT2D eigenvalue weighted by molar-refractivity contribution is 14.0. The molecule has 0 spiro atoms. The summed E-state index contributed by atoms with van der Waals surface area (Å²) in [6.45, 7) is 2.23. The van der Waals surface area contributed by atoms with Gasteiger partial charge in [0.15, 0.2) is 5.96 Å². The molecule has 1 amide bonds. The van der Waals surface area contributed by atoms with Gasteiger partial charge < -0.3 is 25.8 Å². The number of guanidine groups is 1. The van der Waals surface area contributed by atoms with Crippen molar-refractivity contribution in [2.75, 3.05) is 30.9 Å². The van der Waals surface area contributed by atoms with Crippen LogP contribution in [0.25, 0.3) is 0 Å². The summed E-state index contributed by atoms with van der Waals surface area (Å²) >= 11 is 0. The Hall–Kier alpha value is -2.49. The fourth-order valence-corrected chi connectivity index (χ4v) is 2.06. The van der Waals surface area contributed by atoms with E-state index in [0.29, 0.717) is 30.5 Å². The van der Waals surface area contributed by atoms with Gasteiger partial charge in [0.1, 0.15) is 18.1 Å². The number of nitrogens with two attached hydrogens (primary N) is 1. The van der Waals surface area contributed by atoms with E-state index < -0.39 is 0 Å². The summed E-state index contributed by atoms with van der Waals surface area (Å²) in [6, 6.07) is 14.5. The van der Waals surface area contributed by atoms with Gasteiger partial charge >= 0.3 is 0 Å². The number of nitrogens with one attached hydrogen (secondary N) is 2. The van der Waals surface area contributed by atoms with Crippen LogP contribution in [0.1, 0.15) is 6.92 Å². The highest BCUT2D eigenvalue weighted by Crippen LogP contribution is 2.17. The van der Waals surface area contributed by atoms with Crippen LogP contribution in [0.2, 0.25) is 0 Å². The third-order valence-corrected chi connectivity index (χ3v) is 3.16. The van der Waals surface area contributed by atoms with Crippen LogP contribution in [0, 0.1) is 0 Å². The van der Waals surface area contributed by atoms with Crippen molar-refractivity contribution in [1.29, 1.82) is 0 Å². The second kappa shape index (κ2) is 11.2. The van der Waals surface area contributed by atoms with E-state index in [0.717, 1.165) is 11.4 Å². The second-order valence-electron chi connectivity index (χ2n) is 5.18. The molecule has 140 valence electrons. The molecule has 0 radical (unpaired) electrons. The smallest absolute Gasteiger partial charge is 0.221 e. The second-order valence-corrected chi connectivity index (χ2v) is 5.18. The molecular formula is C18H23IN4O3. The molecule has 0 aliphatic carbocycles. The van der Waals surface area contributed by atoms with Gasteiger partial charge in [-0.15, -0.1) is 24.0 Å². The summed E-state index contributed by atoms with van der Waals surface area (Å²) in [5.41, 5.74) is 7.35. The van der Waals surface area contributed by atoms with Crippen LogP contribution in [-0.4, -0.2) is 32.1 Å². The van der Waals surface area contributed by atoms with Crippen LogP contribution in [0.3, 0.4) is 0 Å². The summed E-state index contributed by atoms with van der Waals surface area (Å²) < 4.78 is 10.7. The van der Waals surface area contributed by atoms with Crippen LogP contribution >= 0.6 is 24.0 Å². The number of benzene rings is 2. The van der Waals surface area contributed by atoms with Gasteiger partial charge in [-0.05, 0) is 36.4 Å². The van der Waals surface area contributed by atoms with Gasteiger partial charge in [0, 0.05) is 24.4 Å². The van der Waals surface area contributed by atoms with Crippen molar-refractivity contribution < 1.29 is 14.3 Å². The number of amides is 1. The quantitative estimate of drug-likeness (QED) is 0.250. The first kappa shape index (κ1) is 21.6. The third-order valence-electron chi connectivity index (χ3n) is 3.16. The number of hydrogen-bond donors (Lipinski definition) is 3. The monoisotopic (exact) mass is 470 g/mol. The molecule has 7 nitrogen and oxygen atoms in total. The van der Waals surface area contributed by atoms with Crippen molar-refractivity contribution in [3.05, 3.63) is 48.5 Å². The lowest BCUT2D eigenvalue weighted by Crippen LogP contribution is -2.23. The molecule has 0 atom stereocenters. The minimum atomic E-state index is -0.126. The number of anilines is 2. The lowest BCUT2D eigenvalue weighted by Gasteiger charge is -2.08. The largest absolute Gasteiger partial charge is 0.497 e. The molecule has 0 unspecified atom stereocenters. The number of carbonyl (C=O) groups excluding carboxylic acids is 1. The molecule has 0 heterocycles. The summed E-state index contributed by atoms with van der Waals surface area (Å²) in [7, 11) is 1.62. The van der Waals surface area contributed by atoms with Crippen molar-refractivity contribution in [3.63, 3.8) is 0 Å². The molecular weight excluding hydrogens is 447 g/mol. The van der Waals surface area contributed by atoms with E-state index >= 15 is 0 Å². The number of rotatable bonds is 7. The highest BCUT2D eigenvalue weighted by atomic mass is 127. The number of hydrogen-bond acceptors (Lipinski definition) is 4. The van der Waals surface area contributed by atoms with Gasteiger partial charge in [0.05, 0.1) is 13.7 Å². The zero-order chi connectivity index (χ0) is 18.1. The predicted molar refractivity (Wildman–Crippen MR) is 115 cm³/mol. The summed E-state index contributed by atoms with van der Waals surface area (Å²) in [5, 5.41) is 5.70. The maximum absolute atomic E-state index is 11.0. The van der Waals surface area contributed by atoms with Crippen LogP contribution in [0.4, 0.5) is 11.4 Å². The van der Waals surface area contributed by atoms with Crippen molar-refractivity contribution in [3.8, 4) is 11.5 Å². The van der Waals surface area contributed by atoms with E-state index in [-0.39, 0.29) is 29.9 Å². The molecule has 4 N–H and O–H groups in total. The van der Waals surface area contributed by atoms with Crippen molar-refractivity contribution in [2.45, 2.75) is 6.92 Å².